The predicted molar refractivity (Wildman–Crippen MR) is 93.7 cm³/mol. The van der Waals surface area contributed by atoms with E-state index >= 15 is 0 Å². The maximum absolute atomic E-state index is 12.7. The molecule has 3 rings (SSSR count). The first-order valence-corrected chi connectivity index (χ1v) is 9.62. The van der Waals surface area contributed by atoms with Gasteiger partial charge in [-0.2, -0.15) is 0 Å². The monoisotopic (exact) mass is 363 g/mol. The third kappa shape index (κ3) is 3.86. The number of nitrogens with one attached hydrogen (secondary N) is 1. The van der Waals surface area contributed by atoms with Crippen LogP contribution in [0.3, 0.4) is 0 Å². The van der Waals surface area contributed by atoms with Gasteiger partial charge in [0, 0.05) is 16.6 Å². The van der Waals surface area contributed by atoms with Crippen molar-refractivity contribution in [2.24, 2.45) is 5.92 Å². The molecule has 0 spiro atoms. The van der Waals surface area contributed by atoms with E-state index in [0.717, 1.165) is 18.4 Å². The van der Waals surface area contributed by atoms with Gasteiger partial charge in [0.2, 0.25) is 10.0 Å². The van der Waals surface area contributed by atoms with Crippen molar-refractivity contribution in [1.82, 2.24) is 4.72 Å². The van der Waals surface area contributed by atoms with Gasteiger partial charge >= 0.3 is 0 Å². The third-order valence-electron chi connectivity index (χ3n) is 4.16. The molecule has 6 heteroatoms. The molecule has 1 N–H and O–H groups in total. The number of Topliss-reactive ketones (excluding diaryl/α,β-unsaturated/α-hetero) is 1. The Bertz CT molecular complexity index is 858. The summed E-state index contributed by atoms with van der Waals surface area (Å²) in [7, 11) is -3.71. The average Bonchev–Trinajstić information content (AvgIpc) is 3.38. The number of hydrogen-bond acceptors (Lipinski definition) is 3. The van der Waals surface area contributed by atoms with Gasteiger partial charge in [-0.15, -0.1) is 0 Å². The van der Waals surface area contributed by atoms with Crippen LogP contribution >= 0.6 is 11.6 Å². The van der Waals surface area contributed by atoms with E-state index in [9.17, 15) is 13.2 Å². The standard InChI is InChI=1S/C18H18ClNO3S/c1-12(21)15-3-2-4-17(11-15)24(22,23)20-18(13-5-6-13)14-7-9-16(19)10-8-14/h2-4,7-11,13,18,20H,5-6H2,1H3. The highest BCUT2D eigenvalue weighted by atomic mass is 35.5. The molecule has 0 aliphatic heterocycles. The molecule has 1 unspecified atom stereocenters. The van der Waals surface area contributed by atoms with E-state index in [2.05, 4.69) is 4.72 Å². The van der Waals surface area contributed by atoms with E-state index in [4.69, 9.17) is 11.6 Å². The summed E-state index contributed by atoms with van der Waals surface area (Å²) >= 11 is 5.92. The number of rotatable bonds is 6. The van der Waals surface area contributed by atoms with Gasteiger partial charge in [0.25, 0.3) is 0 Å². The lowest BCUT2D eigenvalue weighted by atomic mass is 10.0. The van der Waals surface area contributed by atoms with E-state index in [1.54, 1.807) is 24.3 Å². The van der Waals surface area contributed by atoms with Gasteiger partial charge in [0.05, 0.1) is 4.90 Å². The highest BCUT2D eigenvalue weighted by Gasteiger charge is 2.35. The van der Waals surface area contributed by atoms with Crippen molar-refractivity contribution in [3.63, 3.8) is 0 Å². The molecule has 24 heavy (non-hydrogen) atoms. The molecule has 0 saturated heterocycles. The lowest BCUT2D eigenvalue weighted by Gasteiger charge is -2.19. The zero-order chi connectivity index (χ0) is 17.3. The van der Waals surface area contributed by atoms with Gasteiger partial charge in [0.1, 0.15) is 0 Å². The fourth-order valence-electron chi connectivity index (χ4n) is 2.65. The topological polar surface area (TPSA) is 63.2 Å². The molecule has 0 bridgehead atoms. The Labute approximate surface area is 146 Å². The van der Waals surface area contributed by atoms with Gasteiger partial charge < -0.3 is 0 Å². The molecule has 1 atom stereocenters. The Balaban J connectivity index is 1.90. The number of ketones is 1. The van der Waals surface area contributed by atoms with Crippen LogP contribution in [0, 0.1) is 5.92 Å². The minimum atomic E-state index is -3.71. The lowest BCUT2D eigenvalue weighted by molar-refractivity contribution is 0.101. The van der Waals surface area contributed by atoms with Gasteiger partial charge in [-0.3, -0.25) is 4.79 Å². The molecule has 4 nitrogen and oxygen atoms in total. The van der Waals surface area contributed by atoms with Crippen molar-refractivity contribution < 1.29 is 13.2 Å². The van der Waals surface area contributed by atoms with Gasteiger partial charge in [-0.1, -0.05) is 35.9 Å². The predicted octanol–water partition coefficient (Wildman–Crippen LogP) is 3.97. The number of halogens is 1. The van der Waals surface area contributed by atoms with E-state index < -0.39 is 10.0 Å². The first-order valence-electron chi connectivity index (χ1n) is 7.75. The van der Waals surface area contributed by atoms with Crippen LogP contribution in [0.2, 0.25) is 5.02 Å². The highest BCUT2D eigenvalue weighted by Crippen LogP contribution is 2.42. The second-order valence-electron chi connectivity index (χ2n) is 6.07. The van der Waals surface area contributed by atoms with Crippen LogP contribution in [0.4, 0.5) is 0 Å². The van der Waals surface area contributed by atoms with Crippen molar-refractivity contribution in [3.8, 4) is 0 Å². The fourth-order valence-corrected chi connectivity index (χ4v) is 4.12. The molecule has 2 aromatic carbocycles. The second-order valence-corrected chi connectivity index (χ2v) is 8.22. The Kier molecular flexibility index (Phi) is 4.76. The van der Waals surface area contributed by atoms with Crippen molar-refractivity contribution >= 4 is 27.4 Å². The smallest absolute Gasteiger partial charge is 0.241 e. The molecule has 1 fully saturated rings. The molecule has 126 valence electrons. The summed E-state index contributed by atoms with van der Waals surface area (Å²) in [4.78, 5) is 11.6. The number of carbonyl (C=O) groups is 1. The highest BCUT2D eigenvalue weighted by molar-refractivity contribution is 7.89. The van der Waals surface area contributed by atoms with Crippen molar-refractivity contribution in [2.45, 2.75) is 30.7 Å². The Morgan fingerprint density at radius 2 is 1.83 bits per heavy atom. The van der Waals surface area contributed by atoms with E-state index in [0.29, 0.717) is 10.6 Å². The number of carbonyl (C=O) groups excluding carboxylic acids is 1. The molecule has 2 aromatic rings. The summed E-state index contributed by atoms with van der Waals surface area (Å²) in [5.41, 5.74) is 1.28. The lowest BCUT2D eigenvalue weighted by Crippen LogP contribution is -2.30. The SMILES string of the molecule is CC(=O)c1cccc(S(=O)(=O)NC(c2ccc(Cl)cc2)C2CC2)c1. The maximum Gasteiger partial charge on any atom is 0.241 e. The van der Waals surface area contributed by atoms with Crippen LogP contribution in [-0.2, 0) is 10.0 Å². The molecule has 0 radical (unpaired) electrons. The second kappa shape index (κ2) is 6.67. The summed E-state index contributed by atoms with van der Waals surface area (Å²) in [5, 5.41) is 0.616. The summed E-state index contributed by atoms with van der Waals surface area (Å²) in [6.07, 6.45) is 1.98. The van der Waals surface area contributed by atoms with Crippen LogP contribution in [0.1, 0.15) is 41.7 Å². The van der Waals surface area contributed by atoms with Crippen LogP contribution in [-0.4, -0.2) is 14.2 Å². The van der Waals surface area contributed by atoms with Gasteiger partial charge in [0.15, 0.2) is 5.78 Å². The molecule has 0 amide bonds. The normalized spacial score (nSPS) is 15.9. The first-order chi connectivity index (χ1) is 11.4. The van der Waals surface area contributed by atoms with Crippen molar-refractivity contribution in [2.75, 3.05) is 0 Å². The number of benzene rings is 2. The van der Waals surface area contributed by atoms with E-state index in [1.165, 1.54) is 19.1 Å². The molecule has 1 aliphatic carbocycles. The number of hydrogen-bond donors (Lipinski definition) is 1. The van der Waals surface area contributed by atoms with Crippen LogP contribution < -0.4 is 4.72 Å². The van der Waals surface area contributed by atoms with Crippen molar-refractivity contribution in [3.05, 3.63) is 64.7 Å². The largest absolute Gasteiger partial charge is 0.295 e. The first kappa shape index (κ1) is 17.1. The zero-order valence-electron chi connectivity index (χ0n) is 13.2. The summed E-state index contributed by atoms with van der Waals surface area (Å²) in [5.74, 6) is 0.125. The quantitative estimate of drug-likeness (QED) is 0.790. The van der Waals surface area contributed by atoms with Crippen LogP contribution in [0.25, 0.3) is 0 Å². The van der Waals surface area contributed by atoms with Gasteiger partial charge in [-0.05, 0) is 55.5 Å². The molecule has 0 heterocycles. The molecule has 1 aliphatic rings. The summed E-state index contributed by atoms with van der Waals surface area (Å²) in [6, 6.07) is 13.0. The average molecular weight is 364 g/mol. The summed E-state index contributed by atoms with van der Waals surface area (Å²) < 4.78 is 28.3. The van der Waals surface area contributed by atoms with Crippen LogP contribution in [0.5, 0.6) is 0 Å². The van der Waals surface area contributed by atoms with E-state index in [1.807, 2.05) is 12.1 Å². The molecular weight excluding hydrogens is 346 g/mol. The Hall–Kier alpha value is -1.69. The number of sulfonamides is 1. The van der Waals surface area contributed by atoms with Gasteiger partial charge in [-0.25, -0.2) is 13.1 Å². The summed E-state index contributed by atoms with van der Waals surface area (Å²) in [6.45, 7) is 1.42. The minimum absolute atomic E-state index is 0.106. The Morgan fingerprint density at radius 3 is 2.42 bits per heavy atom. The minimum Gasteiger partial charge on any atom is -0.295 e. The van der Waals surface area contributed by atoms with E-state index in [-0.39, 0.29) is 22.6 Å². The van der Waals surface area contributed by atoms with Crippen molar-refractivity contribution in [1.29, 1.82) is 0 Å². The third-order valence-corrected chi connectivity index (χ3v) is 5.85. The molecular formula is C18H18ClNO3S. The van der Waals surface area contributed by atoms with Crippen LogP contribution in [0.15, 0.2) is 53.4 Å². The fraction of sp³-hybridized carbons (Fsp3) is 0.278. The maximum atomic E-state index is 12.7. The molecule has 0 aromatic heterocycles. The Morgan fingerprint density at radius 1 is 1.17 bits per heavy atom. The zero-order valence-corrected chi connectivity index (χ0v) is 14.8. The molecule has 1 saturated carbocycles.